The number of halogens is 1. The molecule has 1 fully saturated rings. The van der Waals surface area contributed by atoms with Crippen molar-refractivity contribution in [3.63, 3.8) is 0 Å². The van der Waals surface area contributed by atoms with Crippen LogP contribution in [0, 0.1) is 5.82 Å². The van der Waals surface area contributed by atoms with Gasteiger partial charge in [0.05, 0.1) is 7.11 Å². The van der Waals surface area contributed by atoms with Gasteiger partial charge in [0, 0.05) is 6.04 Å². The van der Waals surface area contributed by atoms with Crippen LogP contribution < -0.4 is 5.32 Å². The molecular formula is C16H22FNO2. The summed E-state index contributed by atoms with van der Waals surface area (Å²) in [6.07, 6.45) is 4.23. The lowest BCUT2D eigenvalue weighted by Gasteiger charge is -2.27. The number of ether oxygens (including phenoxy) is 1. The number of hydrogen-bond acceptors (Lipinski definition) is 3. The highest BCUT2D eigenvalue weighted by molar-refractivity contribution is 5.81. The van der Waals surface area contributed by atoms with Crippen molar-refractivity contribution in [3.05, 3.63) is 35.6 Å². The molecule has 0 saturated carbocycles. The molecule has 4 heteroatoms. The van der Waals surface area contributed by atoms with Crippen molar-refractivity contribution in [1.29, 1.82) is 0 Å². The Hall–Kier alpha value is -1.42. The Balaban J connectivity index is 2.05. The van der Waals surface area contributed by atoms with Crippen molar-refractivity contribution < 1.29 is 13.9 Å². The number of hydrogen-bond donors (Lipinski definition) is 1. The van der Waals surface area contributed by atoms with Crippen LogP contribution in [0.25, 0.3) is 0 Å². The molecule has 0 amide bonds. The van der Waals surface area contributed by atoms with Gasteiger partial charge in [0.1, 0.15) is 11.4 Å². The summed E-state index contributed by atoms with van der Waals surface area (Å²) in [5.41, 5.74) is 0.459. The molecule has 0 unspecified atom stereocenters. The zero-order valence-electron chi connectivity index (χ0n) is 12.1. The molecule has 1 saturated heterocycles. The lowest BCUT2D eigenvalue weighted by molar-refractivity contribution is -0.148. The first-order valence-corrected chi connectivity index (χ1v) is 7.20. The van der Waals surface area contributed by atoms with E-state index in [0.29, 0.717) is 12.5 Å². The summed E-state index contributed by atoms with van der Waals surface area (Å²) >= 11 is 0. The first kappa shape index (κ1) is 15.0. The van der Waals surface area contributed by atoms with Gasteiger partial charge in [-0.15, -0.1) is 0 Å². The maximum absolute atomic E-state index is 12.9. The zero-order chi connectivity index (χ0) is 14.6. The predicted octanol–water partition coefficient (Wildman–Crippen LogP) is 2.83. The fraction of sp³-hybridized carbons (Fsp3) is 0.562. The molecule has 110 valence electrons. The SMILES string of the molecule is CC[C@H]1CC[C@](CCc2ccc(F)cc2)(C(=O)OC)N1. The van der Waals surface area contributed by atoms with E-state index in [2.05, 4.69) is 12.2 Å². The first-order chi connectivity index (χ1) is 9.59. The summed E-state index contributed by atoms with van der Waals surface area (Å²) in [7, 11) is 1.43. The Kier molecular flexibility index (Phi) is 4.76. The second kappa shape index (κ2) is 6.35. The van der Waals surface area contributed by atoms with Gasteiger partial charge in [0.15, 0.2) is 0 Å². The summed E-state index contributed by atoms with van der Waals surface area (Å²) in [6.45, 7) is 2.12. The molecule has 1 aromatic rings. The monoisotopic (exact) mass is 279 g/mol. The Labute approximate surface area is 119 Å². The average molecular weight is 279 g/mol. The van der Waals surface area contributed by atoms with Crippen molar-refractivity contribution >= 4 is 5.97 Å². The van der Waals surface area contributed by atoms with Crippen LogP contribution in [-0.4, -0.2) is 24.7 Å². The van der Waals surface area contributed by atoms with Gasteiger partial charge in [-0.25, -0.2) is 4.39 Å². The normalized spacial score (nSPS) is 25.6. The van der Waals surface area contributed by atoms with E-state index in [1.807, 2.05) is 0 Å². The third-order valence-corrected chi connectivity index (χ3v) is 4.22. The molecule has 2 rings (SSSR count). The van der Waals surface area contributed by atoms with Crippen LogP contribution in [-0.2, 0) is 16.0 Å². The van der Waals surface area contributed by atoms with Crippen LogP contribution in [0.1, 0.15) is 38.2 Å². The fourth-order valence-corrected chi connectivity index (χ4v) is 2.93. The Morgan fingerprint density at radius 2 is 2.15 bits per heavy atom. The lowest BCUT2D eigenvalue weighted by atomic mass is 9.90. The Morgan fingerprint density at radius 1 is 1.45 bits per heavy atom. The third kappa shape index (κ3) is 3.18. The molecule has 1 aromatic carbocycles. The summed E-state index contributed by atoms with van der Waals surface area (Å²) in [5.74, 6) is -0.419. The molecular weight excluding hydrogens is 257 g/mol. The van der Waals surface area contributed by atoms with Crippen molar-refractivity contribution in [2.75, 3.05) is 7.11 Å². The van der Waals surface area contributed by atoms with E-state index in [1.54, 1.807) is 12.1 Å². The molecule has 20 heavy (non-hydrogen) atoms. The second-order valence-corrected chi connectivity index (χ2v) is 5.49. The van der Waals surface area contributed by atoms with Gasteiger partial charge in [-0.2, -0.15) is 0 Å². The van der Waals surface area contributed by atoms with E-state index in [9.17, 15) is 9.18 Å². The van der Waals surface area contributed by atoms with Crippen LogP contribution in [0.5, 0.6) is 0 Å². The van der Waals surface area contributed by atoms with Gasteiger partial charge >= 0.3 is 5.97 Å². The molecule has 1 aliphatic heterocycles. The quantitative estimate of drug-likeness (QED) is 0.842. The molecule has 0 spiro atoms. The standard InChI is InChI=1S/C16H22FNO2/c1-3-14-9-11-16(18-14,15(19)20-2)10-8-12-4-6-13(17)7-5-12/h4-7,14,18H,3,8-11H2,1-2H3/t14-,16+/m0/s1. The average Bonchev–Trinajstić information content (AvgIpc) is 2.91. The van der Waals surface area contributed by atoms with Crippen LogP contribution in [0.4, 0.5) is 4.39 Å². The number of benzene rings is 1. The minimum atomic E-state index is -0.580. The minimum absolute atomic E-state index is 0.185. The van der Waals surface area contributed by atoms with Gasteiger partial charge in [0.2, 0.25) is 0 Å². The van der Waals surface area contributed by atoms with E-state index in [4.69, 9.17) is 4.74 Å². The van der Waals surface area contributed by atoms with Crippen molar-refractivity contribution in [2.24, 2.45) is 0 Å². The topological polar surface area (TPSA) is 38.3 Å². The van der Waals surface area contributed by atoms with Crippen LogP contribution in [0.15, 0.2) is 24.3 Å². The van der Waals surface area contributed by atoms with E-state index < -0.39 is 5.54 Å². The van der Waals surface area contributed by atoms with Crippen LogP contribution >= 0.6 is 0 Å². The maximum Gasteiger partial charge on any atom is 0.326 e. The van der Waals surface area contributed by atoms with Gasteiger partial charge in [-0.3, -0.25) is 10.1 Å². The zero-order valence-corrected chi connectivity index (χ0v) is 12.1. The first-order valence-electron chi connectivity index (χ1n) is 7.20. The molecule has 0 aromatic heterocycles. The second-order valence-electron chi connectivity index (χ2n) is 5.49. The number of methoxy groups -OCH3 is 1. The number of nitrogens with one attached hydrogen (secondary N) is 1. The number of carbonyl (C=O) groups excluding carboxylic acids is 1. The summed E-state index contributed by atoms with van der Waals surface area (Å²) in [4.78, 5) is 12.1. The molecule has 3 nitrogen and oxygen atoms in total. The van der Waals surface area contributed by atoms with Crippen LogP contribution in [0.3, 0.4) is 0 Å². The smallest absolute Gasteiger partial charge is 0.326 e. The number of rotatable bonds is 5. The minimum Gasteiger partial charge on any atom is -0.468 e. The highest BCUT2D eigenvalue weighted by Gasteiger charge is 2.44. The Bertz CT molecular complexity index is 460. The van der Waals surface area contributed by atoms with E-state index in [0.717, 1.165) is 31.2 Å². The summed E-state index contributed by atoms with van der Waals surface area (Å²) in [5, 5.41) is 3.44. The number of esters is 1. The largest absolute Gasteiger partial charge is 0.468 e. The summed E-state index contributed by atoms with van der Waals surface area (Å²) < 4.78 is 17.9. The predicted molar refractivity (Wildman–Crippen MR) is 75.9 cm³/mol. The maximum atomic E-state index is 12.9. The molecule has 2 atom stereocenters. The molecule has 0 aliphatic carbocycles. The molecule has 1 heterocycles. The van der Waals surface area contributed by atoms with E-state index >= 15 is 0 Å². The third-order valence-electron chi connectivity index (χ3n) is 4.22. The van der Waals surface area contributed by atoms with Gasteiger partial charge in [-0.05, 0) is 49.8 Å². The van der Waals surface area contributed by atoms with Crippen molar-refractivity contribution in [3.8, 4) is 0 Å². The van der Waals surface area contributed by atoms with Crippen molar-refractivity contribution in [1.82, 2.24) is 5.32 Å². The van der Waals surface area contributed by atoms with Crippen molar-refractivity contribution in [2.45, 2.75) is 50.6 Å². The molecule has 0 bridgehead atoms. The van der Waals surface area contributed by atoms with Gasteiger partial charge < -0.3 is 4.74 Å². The van der Waals surface area contributed by atoms with Crippen LogP contribution in [0.2, 0.25) is 0 Å². The number of aryl methyl sites for hydroxylation is 1. The van der Waals surface area contributed by atoms with E-state index in [-0.39, 0.29) is 11.8 Å². The lowest BCUT2D eigenvalue weighted by Crippen LogP contribution is -2.50. The van der Waals surface area contributed by atoms with Gasteiger partial charge in [0.25, 0.3) is 0 Å². The Morgan fingerprint density at radius 3 is 2.70 bits per heavy atom. The highest BCUT2D eigenvalue weighted by atomic mass is 19.1. The van der Waals surface area contributed by atoms with E-state index in [1.165, 1.54) is 19.2 Å². The fourth-order valence-electron chi connectivity index (χ4n) is 2.93. The molecule has 1 aliphatic rings. The molecule has 0 radical (unpaired) electrons. The van der Waals surface area contributed by atoms with Gasteiger partial charge in [-0.1, -0.05) is 19.1 Å². The summed E-state index contributed by atoms with van der Waals surface area (Å²) in [6, 6.07) is 6.83. The highest BCUT2D eigenvalue weighted by Crippen LogP contribution is 2.30. The molecule has 1 N–H and O–H groups in total. The number of carbonyl (C=O) groups is 1.